The number of benzene rings is 1. The van der Waals surface area contributed by atoms with Gasteiger partial charge in [-0.1, -0.05) is 20.8 Å². The first kappa shape index (κ1) is 21.0. The molecule has 0 fully saturated rings. The Balaban J connectivity index is 3.05. The van der Waals surface area contributed by atoms with Crippen LogP contribution in [0.1, 0.15) is 51.4 Å². The van der Waals surface area contributed by atoms with Gasteiger partial charge in [-0.15, -0.1) is 0 Å². The molecule has 1 amide bonds. The predicted octanol–water partition coefficient (Wildman–Crippen LogP) is 3.65. The van der Waals surface area contributed by atoms with E-state index in [1.807, 2.05) is 27.7 Å². The zero-order valence-corrected chi connectivity index (χ0v) is 16.0. The molecule has 0 aliphatic rings. The maximum atomic E-state index is 12.5. The van der Waals surface area contributed by atoms with Gasteiger partial charge < -0.3 is 19.5 Å². The number of hydrogen-bond acceptors (Lipinski definition) is 5. The van der Waals surface area contributed by atoms with Gasteiger partial charge in [0.15, 0.2) is 0 Å². The van der Waals surface area contributed by atoms with Gasteiger partial charge in [0.05, 0.1) is 13.7 Å². The summed E-state index contributed by atoms with van der Waals surface area (Å²) in [6.45, 7) is 10.4. The summed E-state index contributed by atoms with van der Waals surface area (Å²) in [7, 11) is 1.31. The van der Waals surface area contributed by atoms with E-state index in [4.69, 9.17) is 14.2 Å². The lowest BCUT2D eigenvalue weighted by molar-refractivity contribution is -0.139. The van der Waals surface area contributed by atoms with E-state index in [-0.39, 0.29) is 11.5 Å². The van der Waals surface area contributed by atoms with Gasteiger partial charge in [0.25, 0.3) is 5.91 Å². The van der Waals surface area contributed by atoms with Gasteiger partial charge in [-0.3, -0.25) is 4.79 Å². The quantitative estimate of drug-likeness (QED) is 0.688. The average molecular weight is 351 g/mol. The van der Waals surface area contributed by atoms with Crippen LogP contribution in [0.25, 0.3) is 0 Å². The second-order valence-electron chi connectivity index (χ2n) is 6.38. The molecule has 0 aliphatic heterocycles. The lowest BCUT2D eigenvalue weighted by Gasteiger charge is -2.27. The van der Waals surface area contributed by atoms with Gasteiger partial charge in [0, 0.05) is 12.3 Å². The van der Waals surface area contributed by atoms with Crippen molar-refractivity contribution in [2.45, 2.75) is 46.6 Å². The predicted molar refractivity (Wildman–Crippen MR) is 97.1 cm³/mol. The van der Waals surface area contributed by atoms with Crippen molar-refractivity contribution in [1.29, 1.82) is 0 Å². The van der Waals surface area contributed by atoms with Gasteiger partial charge in [-0.25, -0.2) is 4.79 Å². The van der Waals surface area contributed by atoms with E-state index >= 15 is 0 Å². The van der Waals surface area contributed by atoms with Crippen LogP contribution in [0.5, 0.6) is 5.75 Å². The number of ether oxygens (including phenoxy) is 3. The number of esters is 1. The van der Waals surface area contributed by atoms with Gasteiger partial charge >= 0.3 is 5.97 Å². The van der Waals surface area contributed by atoms with Crippen molar-refractivity contribution in [3.05, 3.63) is 23.8 Å². The molecule has 0 aromatic heterocycles. The van der Waals surface area contributed by atoms with Crippen molar-refractivity contribution >= 4 is 17.6 Å². The summed E-state index contributed by atoms with van der Waals surface area (Å²) in [4.78, 5) is 24.6. The minimum atomic E-state index is -0.924. The highest BCUT2D eigenvalue weighted by molar-refractivity contribution is 5.99. The molecular formula is C19H29NO5. The molecule has 1 N–H and O–H groups in total. The van der Waals surface area contributed by atoms with Gasteiger partial charge in [-0.05, 0) is 44.4 Å². The molecule has 1 aromatic rings. The number of hydrogen-bond donors (Lipinski definition) is 1. The number of rotatable bonds is 9. The van der Waals surface area contributed by atoms with E-state index in [0.29, 0.717) is 37.0 Å². The molecule has 0 heterocycles. The summed E-state index contributed by atoms with van der Waals surface area (Å²) in [5.41, 5.74) is -0.162. The Morgan fingerprint density at radius 2 is 1.92 bits per heavy atom. The Kier molecular flexibility index (Phi) is 7.90. The third-order valence-electron chi connectivity index (χ3n) is 3.83. The Labute approximate surface area is 149 Å². The summed E-state index contributed by atoms with van der Waals surface area (Å²) in [6.07, 6.45) is 0.534. The van der Waals surface area contributed by atoms with Crippen molar-refractivity contribution < 1.29 is 23.8 Å². The standard InChI is InChI=1S/C19H29NO5/c1-7-19(5,25-8-2)18(22)20-14-9-10-16(24-12-13(3)4)15(11-14)17(21)23-6/h9-11,13H,7-8,12H2,1-6H3,(H,20,22)/t19-/m0/s1. The number of anilines is 1. The molecule has 0 bridgehead atoms. The monoisotopic (exact) mass is 351 g/mol. The zero-order chi connectivity index (χ0) is 19.0. The highest BCUT2D eigenvalue weighted by Crippen LogP contribution is 2.26. The van der Waals surface area contributed by atoms with E-state index in [1.54, 1.807) is 25.1 Å². The first-order chi connectivity index (χ1) is 11.8. The fourth-order valence-electron chi connectivity index (χ4n) is 2.17. The summed E-state index contributed by atoms with van der Waals surface area (Å²) in [5, 5.41) is 2.80. The normalized spacial score (nSPS) is 13.2. The van der Waals surface area contributed by atoms with E-state index in [9.17, 15) is 9.59 Å². The number of amides is 1. The van der Waals surface area contributed by atoms with Crippen LogP contribution in [-0.2, 0) is 14.3 Å². The lowest BCUT2D eigenvalue weighted by atomic mass is 10.0. The smallest absolute Gasteiger partial charge is 0.341 e. The molecule has 0 saturated heterocycles. The van der Waals surface area contributed by atoms with Gasteiger partial charge in [-0.2, -0.15) is 0 Å². The highest BCUT2D eigenvalue weighted by atomic mass is 16.5. The first-order valence-electron chi connectivity index (χ1n) is 8.57. The van der Waals surface area contributed by atoms with Crippen LogP contribution in [-0.4, -0.2) is 37.8 Å². The molecule has 0 unspecified atom stereocenters. The van der Waals surface area contributed by atoms with Crippen molar-refractivity contribution in [3.63, 3.8) is 0 Å². The number of methoxy groups -OCH3 is 1. The largest absolute Gasteiger partial charge is 0.492 e. The maximum Gasteiger partial charge on any atom is 0.341 e. The van der Waals surface area contributed by atoms with Crippen molar-refractivity contribution in [2.75, 3.05) is 25.6 Å². The number of nitrogens with one attached hydrogen (secondary N) is 1. The fraction of sp³-hybridized carbons (Fsp3) is 0.579. The third kappa shape index (κ3) is 5.74. The Morgan fingerprint density at radius 1 is 1.24 bits per heavy atom. The van der Waals surface area contributed by atoms with Crippen LogP contribution in [0.4, 0.5) is 5.69 Å². The Morgan fingerprint density at radius 3 is 2.44 bits per heavy atom. The Bertz CT molecular complexity index is 599. The average Bonchev–Trinajstić information content (AvgIpc) is 2.59. The maximum absolute atomic E-state index is 12.5. The van der Waals surface area contributed by atoms with Gasteiger partial charge in [0.2, 0.25) is 0 Å². The summed E-state index contributed by atoms with van der Waals surface area (Å²) in [6, 6.07) is 4.91. The summed E-state index contributed by atoms with van der Waals surface area (Å²) in [5.74, 6) is -0.0237. The topological polar surface area (TPSA) is 73.9 Å². The molecule has 140 valence electrons. The second kappa shape index (κ2) is 9.42. The minimum absolute atomic E-state index is 0.261. The van der Waals surface area contributed by atoms with Gasteiger partial charge in [0.1, 0.15) is 16.9 Å². The second-order valence-corrected chi connectivity index (χ2v) is 6.38. The van der Waals surface area contributed by atoms with Crippen molar-refractivity contribution in [1.82, 2.24) is 0 Å². The number of carbonyl (C=O) groups excluding carboxylic acids is 2. The van der Waals surface area contributed by atoms with Crippen molar-refractivity contribution in [2.24, 2.45) is 5.92 Å². The van der Waals surface area contributed by atoms with Crippen LogP contribution >= 0.6 is 0 Å². The molecule has 6 nitrogen and oxygen atoms in total. The van der Waals surface area contributed by atoms with Crippen LogP contribution in [0.15, 0.2) is 18.2 Å². The molecule has 6 heteroatoms. The first-order valence-corrected chi connectivity index (χ1v) is 8.57. The Hall–Kier alpha value is -2.08. The molecule has 0 aliphatic carbocycles. The molecule has 0 spiro atoms. The minimum Gasteiger partial charge on any atom is -0.492 e. The van der Waals surface area contributed by atoms with E-state index < -0.39 is 11.6 Å². The molecule has 0 radical (unpaired) electrons. The molecule has 1 atom stereocenters. The van der Waals surface area contributed by atoms with Crippen LogP contribution in [0.2, 0.25) is 0 Å². The molecule has 1 aromatic carbocycles. The SMILES string of the molecule is CCO[C@@](C)(CC)C(=O)Nc1ccc(OCC(C)C)c(C(=O)OC)c1. The molecular weight excluding hydrogens is 322 g/mol. The molecule has 0 saturated carbocycles. The highest BCUT2D eigenvalue weighted by Gasteiger charge is 2.32. The third-order valence-corrected chi connectivity index (χ3v) is 3.83. The zero-order valence-electron chi connectivity index (χ0n) is 16.0. The molecule has 1 rings (SSSR count). The van der Waals surface area contributed by atoms with Crippen LogP contribution in [0, 0.1) is 5.92 Å². The van der Waals surface area contributed by atoms with E-state index in [2.05, 4.69) is 5.32 Å². The van der Waals surface area contributed by atoms with E-state index in [0.717, 1.165) is 0 Å². The van der Waals surface area contributed by atoms with Crippen LogP contribution < -0.4 is 10.1 Å². The summed E-state index contributed by atoms with van der Waals surface area (Å²) >= 11 is 0. The fourth-order valence-corrected chi connectivity index (χ4v) is 2.17. The summed E-state index contributed by atoms with van der Waals surface area (Å²) < 4.78 is 16.1. The lowest BCUT2D eigenvalue weighted by Crippen LogP contribution is -2.42. The van der Waals surface area contributed by atoms with Crippen molar-refractivity contribution in [3.8, 4) is 5.75 Å². The van der Waals surface area contributed by atoms with Crippen LogP contribution in [0.3, 0.4) is 0 Å². The molecule has 25 heavy (non-hydrogen) atoms. The number of carbonyl (C=O) groups is 2. The van der Waals surface area contributed by atoms with E-state index in [1.165, 1.54) is 7.11 Å².